The molecule has 0 bridgehead atoms. The van der Waals surface area contributed by atoms with Gasteiger partial charge in [0.05, 0.1) is 17.0 Å². The standard InChI is InChI=1S/C20H22N4O3S/c1-23(16-7-3-2-4-8-16)28(26,27)14-12-21-20(25)18-17-9-5-6-13-24(17)19(22-18)15-10-11-15/h2-9,13,15H,10-12,14H2,1H3,(H,21,25). The fourth-order valence-electron chi connectivity index (χ4n) is 3.17. The van der Waals surface area contributed by atoms with Crippen molar-refractivity contribution in [3.05, 3.63) is 66.2 Å². The van der Waals surface area contributed by atoms with E-state index in [1.807, 2.05) is 34.9 Å². The van der Waals surface area contributed by atoms with Crippen molar-refractivity contribution < 1.29 is 13.2 Å². The minimum absolute atomic E-state index is 0.0168. The third-order valence-electron chi connectivity index (χ3n) is 4.92. The van der Waals surface area contributed by atoms with E-state index in [9.17, 15) is 13.2 Å². The van der Waals surface area contributed by atoms with Crippen molar-refractivity contribution in [2.75, 3.05) is 23.7 Å². The van der Waals surface area contributed by atoms with Gasteiger partial charge in [-0.1, -0.05) is 24.3 Å². The van der Waals surface area contributed by atoms with Gasteiger partial charge in [-0.2, -0.15) is 0 Å². The van der Waals surface area contributed by atoms with E-state index in [-0.39, 0.29) is 18.2 Å². The van der Waals surface area contributed by atoms with Gasteiger partial charge in [-0.25, -0.2) is 13.4 Å². The average Bonchev–Trinajstić information content (AvgIpc) is 3.48. The molecule has 2 aromatic heterocycles. The van der Waals surface area contributed by atoms with Crippen molar-refractivity contribution in [3.63, 3.8) is 0 Å². The van der Waals surface area contributed by atoms with Gasteiger partial charge in [0.2, 0.25) is 10.0 Å². The highest BCUT2D eigenvalue weighted by atomic mass is 32.2. The fourth-order valence-corrected chi connectivity index (χ4v) is 4.25. The molecule has 28 heavy (non-hydrogen) atoms. The van der Waals surface area contributed by atoms with E-state index in [0.29, 0.717) is 17.3 Å². The normalized spacial score (nSPS) is 14.2. The van der Waals surface area contributed by atoms with Crippen molar-refractivity contribution in [3.8, 4) is 0 Å². The number of benzene rings is 1. The van der Waals surface area contributed by atoms with E-state index >= 15 is 0 Å². The molecule has 0 radical (unpaired) electrons. The largest absolute Gasteiger partial charge is 0.350 e. The van der Waals surface area contributed by atoms with Crippen LogP contribution in [-0.2, 0) is 10.0 Å². The number of rotatable bonds is 7. The average molecular weight is 398 g/mol. The molecular formula is C20H22N4O3S. The number of sulfonamides is 1. The fraction of sp³-hybridized carbons (Fsp3) is 0.300. The number of imidazole rings is 1. The molecular weight excluding hydrogens is 376 g/mol. The highest BCUT2D eigenvalue weighted by molar-refractivity contribution is 7.92. The van der Waals surface area contributed by atoms with Crippen LogP contribution in [0.4, 0.5) is 5.69 Å². The number of hydrogen-bond acceptors (Lipinski definition) is 4. The summed E-state index contributed by atoms with van der Waals surface area (Å²) < 4.78 is 28.2. The molecule has 0 aliphatic heterocycles. The van der Waals surface area contributed by atoms with E-state index in [1.54, 1.807) is 24.3 Å². The van der Waals surface area contributed by atoms with Crippen LogP contribution in [0.1, 0.15) is 35.1 Å². The molecule has 1 fully saturated rings. The molecule has 1 amide bonds. The van der Waals surface area contributed by atoms with Gasteiger partial charge in [0, 0.05) is 25.7 Å². The van der Waals surface area contributed by atoms with Crippen LogP contribution >= 0.6 is 0 Å². The molecule has 1 aromatic carbocycles. The number of hydrogen-bond donors (Lipinski definition) is 1. The Hall–Kier alpha value is -2.87. The Kier molecular flexibility index (Phi) is 4.80. The first kappa shape index (κ1) is 18.5. The maximum atomic E-state index is 12.6. The molecule has 2 heterocycles. The van der Waals surface area contributed by atoms with Crippen molar-refractivity contribution in [2.45, 2.75) is 18.8 Å². The third-order valence-corrected chi connectivity index (χ3v) is 6.68. The predicted molar refractivity (Wildman–Crippen MR) is 108 cm³/mol. The zero-order valence-electron chi connectivity index (χ0n) is 15.6. The summed E-state index contributed by atoms with van der Waals surface area (Å²) in [4.78, 5) is 17.2. The molecule has 7 nitrogen and oxygen atoms in total. The third kappa shape index (κ3) is 3.60. The minimum atomic E-state index is -3.54. The lowest BCUT2D eigenvalue weighted by molar-refractivity contribution is 0.0953. The van der Waals surface area contributed by atoms with E-state index in [2.05, 4.69) is 10.3 Å². The van der Waals surface area contributed by atoms with Crippen molar-refractivity contribution in [1.29, 1.82) is 0 Å². The smallest absolute Gasteiger partial charge is 0.272 e. The molecule has 4 rings (SSSR count). The lowest BCUT2D eigenvalue weighted by Crippen LogP contribution is -2.35. The zero-order valence-corrected chi connectivity index (χ0v) is 16.4. The minimum Gasteiger partial charge on any atom is -0.350 e. The summed E-state index contributed by atoms with van der Waals surface area (Å²) in [7, 11) is -2.03. The number of carbonyl (C=O) groups is 1. The Balaban J connectivity index is 1.44. The zero-order chi connectivity index (χ0) is 19.7. The van der Waals surface area contributed by atoms with Crippen molar-refractivity contribution in [2.24, 2.45) is 0 Å². The van der Waals surface area contributed by atoms with Gasteiger partial charge >= 0.3 is 0 Å². The number of aromatic nitrogens is 2. The predicted octanol–water partition coefficient (Wildman–Crippen LogP) is 2.41. The summed E-state index contributed by atoms with van der Waals surface area (Å²) in [6.45, 7) is 0.0168. The number of fused-ring (bicyclic) bond motifs is 1. The Morgan fingerprint density at radius 1 is 1.18 bits per heavy atom. The van der Waals surface area contributed by atoms with Crippen molar-refractivity contribution in [1.82, 2.24) is 14.7 Å². The van der Waals surface area contributed by atoms with E-state index in [4.69, 9.17) is 0 Å². The van der Waals surface area contributed by atoms with Crippen LogP contribution in [0.15, 0.2) is 54.7 Å². The summed E-state index contributed by atoms with van der Waals surface area (Å²) in [5.74, 6) is 0.757. The van der Waals surface area contributed by atoms with Crippen LogP contribution < -0.4 is 9.62 Å². The number of amides is 1. The van der Waals surface area contributed by atoms with Crippen LogP contribution in [0.2, 0.25) is 0 Å². The number of nitrogens with zero attached hydrogens (tertiary/aromatic N) is 3. The van der Waals surface area contributed by atoms with Crippen LogP contribution in [0, 0.1) is 0 Å². The first-order valence-corrected chi connectivity index (χ1v) is 10.8. The number of para-hydroxylation sites is 1. The SMILES string of the molecule is CN(c1ccccc1)S(=O)(=O)CCNC(=O)c1nc(C2CC2)n2ccccc12. The monoisotopic (exact) mass is 398 g/mol. The number of nitrogens with one attached hydrogen (secondary N) is 1. The maximum Gasteiger partial charge on any atom is 0.272 e. The highest BCUT2D eigenvalue weighted by Crippen LogP contribution is 2.39. The molecule has 146 valence electrons. The van der Waals surface area contributed by atoms with Gasteiger partial charge in [0.15, 0.2) is 5.69 Å². The number of carbonyl (C=O) groups excluding carboxylic acids is 1. The second-order valence-electron chi connectivity index (χ2n) is 6.92. The molecule has 0 unspecified atom stereocenters. The van der Waals surface area contributed by atoms with Gasteiger partial charge in [0.25, 0.3) is 5.91 Å². The Morgan fingerprint density at radius 2 is 1.89 bits per heavy atom. The molecule has 0 atom stereocenters. The molecule has 1 aliphatic carbocycles. The summed E-state index contributed by atoms with van der Waals surface area (Å²) in [5, 5.41) is 2.71. The highest BCUT2D eigenvalue weighted by Gasteiger charge is 2.30. The van der Waals surface area contributed by atoms with Crippen LogP contribution in [0.25, 0.3) is 5.52 Å². The molecule has 0 saturated heterocycles. The van der Waals surface area contributed by atoms with E-state index < -0.39 is 10.0 Å². The Bertz CT molecular complexity index is 1100. The molecule has 8 heteroatoms. The van der Waals surface area contributed by atoms with E-state index in [1.165, 1.54) is 11.4 Å². The summed E-state index contributed by atoms with van der Waals surface area (Å²) in [6.07, 6.45) is 4.07. The Morgan fingerprint density at radius 3 is 2.61 bits per heavy atom. The quantitative estimate of drug-likeness (QED) is 0.662. The summed E-state index contributed by atoms with van der Waals surface area (Å²) in [5.41, 5.74) is 1.67. The van der Waals surface area contributed by atoms with Gasteiger partial charge in [-0.3, -0.25) is 9.10 Å². The van der Waals surface area contributed by atoms with Crippen molar-refractivity contribution >= 4 is 27.1 Å². The first-order chi connectivity index (χ1) is 13.5. The maximum absolute atomic E-state index is 12.6. The lowest BCUT2D eigenvalue weighted by atomic mass is 10.3. The molecule has 1 saturated carbocycles. The second kappa shape index (κ2) is 7.27. The topological polar surface area (TPSA) is 83.8 Å². The molecule has 1 N–H and O–H groups in total. The lowest BCUT2D eigenvalue weighted by Gasteiger charge is -2.19. The van der Waals surface area contributed by atoms with Crippen LogP contribution in [-0.4, -0.2) is 43.1 Å². The molecule has 3 aromatic rings. The second-order valence-corrected chi connectivity index (χ2v) is 9.04. The summed E-state index contributed by atoms with van der Waals surface area (Å²) in [6, 6.07) is 14.5. The number of anilines is 1. The van der Waals surface area contributed by atoms with Gasteiger partial charge < -0.3 is 9.72 Å². The first-order valence-electron chi connectivity index (χ1n) is 9.24. The van der Waals surface area contributed by atoms with Gasteiger partial charge in [-0.05, 0) is 37.1 Å². The van der Waals surface area contributed by atoms with Gasteiger partial charge in [-0.15, -0.1) is 0 Å². The Labute approximate surface area is 164 Å². The van der Waals surface area contributed by atoms with E-state index in [0.717, 1.165) is 24.2 Å². The molecule has 0 spiro atoms. The molecule has 1 aliphatic rings. The van der Waals surface area contributed by atoms with Crippen LogP contribution in [0.3, 0.4) is 0 Å². The number of pyridine rings is 1. The summed E-state index contributed by atoms with van der Waals surface area (Å²) >= 11 is 0. The van der Waals surface area contributed by atoms with Gasteiger partial charge in [0.1, 0.15) is 5.82 Å². The van der Waals surface area contributed by atoms with Crippen LogP contribution in [0.5, 0.6) is 0 Å².